The van der Waals surface area contributed by atoms with E-state index in [9.17, 15) is 0 Å². The van der Waals surface area contributed by atoms with E-state index in [0.717, 1.165) is 23.9 Å². The second kappa shape index (κ2) is 5.90. The van der Waals surface area contributed by atoms with E-state index in [1.54, 1.807) is 0 Å². The summed E-state index contributed by atoms with van der Waals surface area (Å²) in [5.74, 6) is 1.83. The number of hydrogen-bond acceptors (Lipinski definition) is 4. The van der Waals surface area contributed by atoms with Crippen LogP contribution in [0.3, 0.4) is 0 Å². The van der Waals surface area contributed by atoms with Crippen molar-refractivity contribution in [1.82, 2.24) is 9.97 Å². The minimum Gasteiger partial charge on any atom is -0.365 e. The van der Waals surface area contributed by atoms with E-state index < -0.39 is 0 Å². The lowest BCUT2D eigenvalue weighted by Crippen LogP contribution is -2.27. The van der Waals surface area contributed by atoms with Crippen LogP contribution < -0.4 is 10.2 Å². The summed E-state index contributed by atoms with van der Waals surface area (Å²) in [6.07, 6.45) is 1.81. The van der Waals surface area contributed by atoms with Gasteiger partial charge in [0.05, 0.1) is 12.2 Å². The molecule has 2 aromatic rings. The molecule has 0 unspecified atom stereocenters. The Hall–Kier alpha value is -2.10. The number of pyridine rings is 2. The van der Waals surface area contributed by atoms with E-state index in [1.165, 1.54) is 0 Å². The molecule has 0 aliphatic heterocycles. The Bertz CT molecular complexity index is 546. The Morgan fingerprint density at radius 3 is 2.55 bits per heavy atom. The molecule has 0 radical (unpaired) electrons. The van der Waals surface area contributed by atoms with Crippen molar-refractivity contribution in [2.24, 2.45) is 0 Å². The highest BCUT2D eigenvalue weighted by Gasteiger charge is 2.11. The first-order chi connectivity index (χ1) is 9.44. The quantitative estimate of drug-likeness (QED) is 0.925. The van der Waals surface area contributed by atoms with Gasteiger partial charge in [0, 0.05) is 18.8 Å². The van der Waals surface area contributed by atoms with Gasteiger partial charge in [-0.1, -0.05) is 12.1 Å². The molecule has 2 heterocycles. The van der Waals surface area contributed by atoms with Crippen LogP contribution in [-0.2, 0) is 6.54 Å². The summed E-state index contributed by atoms with van der Waals surface area (Å²) in [7, 11) is 2.03. The average Bonchev–Trinajstić information content (AvgIpc) is 2.38. The van der Waals surface area contributed by atoms with E-state index in [4.69, 9.17) is 0 Å². The number of rotatable bonds is 4. The van der Waals surface area contributed by atoms with Gasteiger partial charge in [-0.3, -0.25) is 4.98 Å². The highest BCUT2D eigenvalue weighted by molar-refractivity contribution is 5.47. The maximum atomic E-state index is 4.64. The maximum absolute atomic E-state index is 4.64. The minimum absolute atomic E-state index is 0.00514. The predicted octanol–water partition coefficient (Wildman–Crippen LogP) is 3.32. The van der Waals surface area contributed by atoms with Gasteiger partial charge in [0.2, 0.25) is 0 Å². The summed E-state index contributed by atoms with van der Waals surface area (Å²) in [6, 6.07) is 12.0. The largest absolute Gasteiger partial charge is 0.365 e. The molecule has 0 saturated heterocycles. The van der Waals surface area contributed by atoms with Crippen LogP contribution in [0.1, 0.15) is 26.5 Å². The zero-order chi connectivity index (χ0) is 14.6. The van der Waals surface area contributed by atoms with E-state index in [1.807, 2.05) is 49.6 Å². The normalized spacial score (nSPS) is 11.2. The van der Waals surface area contributed by atoms with Gasteiger partial charge in [0.25, 0.3) is 0 Å². The Balaban J connectivity index is 2.10. The van der Waals surface area contributed by atoms with Crippen LogP contribution in [0, 0.1) is 0 Å². The standard InChI is InChI=1S/C16H22N4/c1-16(2,3)19-14-9-7-10-15(18-14)20(4)12-13-8-5-6-11-17-13/h5-11H,12H2,1-4H3,(H,18,19). The van der Waals surface area contributed by atoms with Gasteiger partial charge in [-0.15, -0.1) is 0 Å². The molecule has 4 heteroatoms. The summed E-state index contributed by atoms with van der Waals surface area (Å²) in [6.45, 7) is 7.11. The predicted molar refractivity (Wildman–Crippen MR) is 84.0 cm³/mol. The van der Waals surface area contributed by atoms with Gasteiger partial charge in [0.15, 0.2) is 0 Å². The Labute approximate surface area is 120 Å². The monoisotopic (exact) mass is 270 g/mol. The summed E-state index contributed by atoms with van der Waals surface area (Å²) in [5, 5.41) is 3.39. The van der Waals surface area contributed by atoms with E-state index in [-0.39, 0.29) is 5.54 Å². The van der Waals surface area contributed by atoms with Gasteiger partial charge in [-0.05, 0) is 45.0 Å². The number of hydrogen-bond donors (Lipinski definition) is 1. The lowest BCUT2D eigenvalue weighted by molar-refractivity contribution is 0.630. The van der Waals surface area contributed by atoms with Crippen LogP contribution in [0.2, 0.25) is 0 Å². The summed E-state index contributed by atoms with van der Waals surface area (Å²) in [5.41, 5.74) is 1.04. The molecule has 2 rings (SSSR count). The van der Waals surface area contributed by atoms with Gasteiger partial charge < -0.3 is 10.2 Å². The minimum atomic E-state index is 0.00514. The van der Waals surface area contributed by atoms with Crippen molar-refractivity contribution in [3.63, 3.8) is 0 Å². The lowest BCUT2D eigenvalue weighted by Gasteiger charge is -2.23. The molecule has 0 atom stereocenters. The molecule has 106 valence electrons. The van der Waals surface area contributed by atoms with Gasteiger partial charge in [0.1, 0.15) is 11.6 Å². The maximum Gasteiger partial charge on any atom is 0.131 e. The molecule has 0 aliphatic carbocycles. The highest BCUT2D eigenvalue weighted by Crippen LogP contribution is 2.17. The van der Waals surface area contributed by atoms with Crippen molar-refractivity contribution in [3.8, 4) is 0 Å². The molecule has 0 aromatic carbocycles. The first kappa shape index (κ1) is 14.3. The summed E-state index contributed by atoms with van der Waals surface area (Å²) >= 11 is 0. The number of nitrogens with zero attached hydrogens (tertiary/aromatic N) is 3. The molecular weight excluding hydrogens is 248 g/mol. The average molecular weight is 270 g/mol. The molecule has 0 bridgehead atoms. The molecule has 0 fully saturated rings. The smallest absolute Gasteiger partial charge is 0.131 e. The van der Waals surface area contributed by atoms with E-state index in [2.05, 4.69) is 41.0 Å². The second-order valence-corrected chi connectivity index (χ2v) is 5.93. The Morgan fingerprint density at radius 1 is 1.10 bits per heavy atom. The number of anilines is 2. The highest BCUT2D eigenvalue weighted by atomic mass is 15.2. The third-order valence-corrected chi connectivity index (χ3v) is 2.75. The molecule has 1 N–H and O–H groups in total. The number of nitrogens with one attached hydrogen (secondary N) is 1. The summed E-state index contributed by atoms with van der Waals surface area (Å²) < 4.78 is 0. The van der Waals surface area contributed by atoms with Crippen molar-refractivity contribution < 1.29 is 0 Å². The molecule has 0 saturated carbocycles. The SMILES string of the molecule is CN(Cc1ccccn1)c1cccc(NC(C)(C)C)n1. The van der Waals surface area contributed by atoms with Crippen molar-refractivity contribution >= 4 is 11.6 Å². The van der Waals surface area contributed by atoms with Crippen molar-refractivity contribution in [3.05, 3.63) is 48.3 Å². The zero-order valence-electron chi connectivity index (χ0n) is 12.6. The van der Waals surface area contributed by atoms with Crippen LogP contribution in [0.25, 0.3) is 0 Å². The topological polar surface area (TPSA) is 41.1 Å². The Kier molecular flexibility index (Phi) is 4.23. The molecule has 0 spiro atoms. The third-order valence-electron chi connectivity index (χ3n) is 2.75. The first-order valence-electron chi connectivity index (χ1n) is 6.80. The molecule has 4 nitrogen and oxygen atoms in total. The lowest BCUT2D eigenvalue weighted by atomic mass is 10.1. The zero-order valence-corrected chi connectivity index (χ0v) is 12.6. The fourth-order valence-corrected chi connectivity index (χ4v) is 1.91. The van der Waals surface area contributed by atoms with Crippen molar-refractivity contribution in [1.29, 1.82) is 0 Å². The first-order valence-corrected chi connectivity index (χ1v) is 6.80. The fourth-order valence-electron chi connectivity index (χ4n) is 1.91. The second-order valence-electron chi connectivity index (χ2n) is 5.93. The van der Waals surface area contributed by atoms with Gasteiger partial charge in [-0.2, -0.15) is 0 Å². The Morgan fingerprint density at radius 2 is 1.90 bits per heavy atom. The summed E-state index contributed by atoms with van der Waals surface area (Å²) in [4.78, 5) is 11.1. The van der Waals surface area contributed by atoms with Crippen LogP contribution in [0.5, 0.6) is 0 Å². The van der Waals surface area contributed by atoms with Crippen LogP contribution in [0.4, 0.5) is 11.6 Å². The van der Waals surface area contributed by atoms with Gasteiger partial charge >= 0.3 is 0 Å². The molecule has 2 aromatic heterocycles. The van der Waals surface area contributed by atoms with E-state index >= 15 is 0 Å². The number of aromatic nitrogens is 2. The molecule has 20 heavy (non-hydrogen) atoms. The fraction of sp³-hybridized carbons (Fsp3) is 0.375. The van der Waals surface area contributed by atoms with Crippen LogP contribution >= 0.6 is 0 Å². The molecular formula is C16H22N4. The third kappa shape index (κ3) is 4.23. The van der Waals surface area contributed by atoms with Crippen molar-refractivity contribution in [2.45, 2.75) is 32.9 Å². The van der Waals surface area contributed by atoms with Crippen LogP contribution in [0.15, 0.2) is 42.6 Å². The van der Waals surface area contributed by atoms with Crippen LogP contribution in [-0.4, -0.2) is 22.6 Å². The van der Waals surface area contributed by atoms with Crippen molar-refractivity contribution in [2.75, 3.05) is 17.3 Å². The molecule has 0 aliphatic rings. The van der Waals surface area contributed by atoms with Gasteiger partial charge in [-0.25, -0.2) is 4.98 Å². The van der Waals surface area contributed by atoms with E-state index in [0.29, 0.717) is 0 Å². The molecule has 0 amide bonds.